The van der Waals surface area contributed by atoms with Gasteiger partial charge in [0.2, 0.25) is 0 Å². The van der Waals surface area contributed by atoms with Crippen LogP contribution in [0.5, 0.6) is 0 Å². The highest BCUT2D eigenvalue weighted by Gasteiger charge is 2.46. The molecular formula is C20H30N12O7S2. The molecule has 0 saturated carbocycles. The van der Waals surface area contributed by atoms with Crippen LogP contribution in [0.3, 0.4) is 0 Å². The summed E-state index contributed by atoms with van der Waals surface area (Å²) in [6, 6.07) is -1.02. The number of amidine groups is 2. The van der Waals surface area contributed by atoms with Crippen molar-refractivity contribution in [1.29, 1.82) is 0 Å². The molecule has 21 heteroatoms. The highest BCUT2D eigenvalue weighted by molar-refractivity contribution is 8.14. The van der Waals surface area contributed by atoms with E-state index in [4.69, 9.17) is 33.1 Å². The number of aromatic nitrogens is 4. The third-order valence-corrected chi connectivity index (χ3v) is 9.07. The fourth-order valence-corrected chi connectivity index (χ4v) is 7.25. The van der Waals surface area contributed by atoms with E-state index in [9.17, 15) is 19.8 Å². The molecule has 2 aromatic rings. The predicted molar refractivity (Wildman–Crippen MR) is 150 cm³/mol. The van der Waals surface area contributed by atoms with Gasteiger partial charge in [-0.05, 0) is 0 Å². The number of anilines is 2. The third kappa shape index (κ3) is 5.27. The van der Waals surface area contributed by atoms with Gasteiger partial charge < -0.3 is 59.5 Å². The Morgan fingerprint density at radius 3 is 1.51 bits per heavy atom. The van der Waals surface area contributed by atoms with E-state index < -0.39 is 49.3 Å². The van der Waals surface area contributed by atoms with Crippen molar-refractivity contribution in [2.24, 2.45) is 32.9 Å². The van der Waals surface area contributed by atoms with E-state index >= 15 is 0 Å². The van der Waals surface area contributed by atoms with Gasteiger partial charge in [0.1, 0.15) is 24.0 Å². The Morgan fingerprint density at radius 1 is 0.829 bits per heavy atom. The minimum atomic E-state index is -1.01. The van der Waals surface area contributed by atoms with Crippen LogP contribution in [0.25, 0.3) is 0 Å². The fourth-order valence-electron chi connectivity index (χ4n) is 4.93. The van der Waals surface area contributed by atoms with Crippen LogP contribution >= 0.6 is 23.5 Å². The normalized spacial score (nSPS) is 28.4. The number of hydrogen-bond acceptors (Lipinski definition) is 16. The van der Waals surface area contributed by atoms with E-state index in [1.807, 2.05) is 0 Å². The summed E-state index contributed by atoms with van der Waals surface area (Å²) in [5.74, 6) is -0.584. The molecule has 0 fully saturated rings. The minimum absolute atomic E-state index is 0. The molecule has 0 aliphatic carbocycles. The van der Waals surface area contributed by atoms with Crippen molar-refractivity contribution in [2.75, 3.05) is 23.8 Å². The molecule has 2 amide bonds. The number of carbonyl (C=O) groups is 2. The molecule has 6 rings (SSSR count). The average Bonchev–Trinajstić information content (AvgIpc) is 3.69. The van der Waals surface area contributed by atoms with Crippen LogP contribution in [0, 0.1) is 0 Å². The van der Waals surface area contributed by atoms with Crippen molar-refractivity contribution in [3.05, 3.63) is 24.0 Å². The molecule has 0 spiro atoms. The monoisotopic (exact) mass is 614 g/mol. The molecular weight excluding hydrogens is 584 g/mol. The molecule has 19 nitrogen and oxygen atoms in total. The lowest BCUT2D eigenvalue weighted by atomic mass is 10.0. The molecule has 0 unspecified atom stereocenters. The van der Waals surface area contributed by atoms with Crippen LogP contribution in [-0.2, 0) is 0 Å². The number of rotatable bonds is 6. The van der Waals surface area contributed by atoms with Crippen molar-refractivity contribution in [1.82, 2.24) is 19.1 Å². The van der Waals surface area contributed by atoms with Gasteiger partial charge in [-0.15, -0.1) is 0 Å². The first-order valence-corrected chi connectivity index (χ1v) is 13.7. The van der Waals surface area contributed by atoms with Gasteiger partial charge in [-0.3, -0.25) is 18.7 Å². The second-order valence-corrected chi connectivity index (χ2v) is 11.6. The number of primary amides is 2. The van der Waals surface area contributed by atoms with Crippen molar-refractivity contribution in [3.8, 4) is 0 Å². The van der Waals surface area contributed by atoms with Gasteiger partial charge in [-0.1, -0.05) is 23.5 Å². The SMILES string of the molecule is NC(=O)c1ncn2c1N[C@H]([C@@H](O)CO)[C@H]1SC(N)=N[C@H]12.NC(=O)c1ncn2c1N[C@H]([C@@H](O)CO)[C@H]1SC(N)=N[C@H]12.O. The Morgan fingerprint density at radius 2 is 1.20 bits per heavy atom. The summed E-state index contributed by atoms with van der Waals surface area (Å²) in [4.78, 5) is 39.2. The summed E-state index contributed by atoms with van der Waals surface area (Å²) >= 11 is 2.62. The number of thioether (sulfide) groups is 2. The second-order valence-electron chi connectivity index (χ2n) is 9.19. The summed E-state index contributed by atoms with van der Waals surface area (Å²) < 4.78 is 3.33. The van der Waals surface area contributed by atoms with Crippen LogP contribution in [0.4, 0.5) is 11.6 Å². The lowest BCUT2D eigenvalue weighted by Gasteiger charge is -2.36. The lowest BCUT2D eigenvalue weighted by Crippen LogP contribution is -2.50. The second kappa shape index (κ2) is 11.7. The number of carbonyl (C=O) groups excluding carboxylic acids is 2. The van der Waals surface area contributed by atoms with Gasteiger partial charge in [-0.2, -0.15) is 0 Å². The Hall–Kier alpha value is -3.60. The minimum Gasteiger partial charge on any atom is -0.412 e. The quantitative estimate of drug-likeness (QED) is 0.146. The van der Waals surface area contributed by atoms with E-state index in [1.54, 1.807) is 9.13 Å². The van der Waals surface area contributed by atoms with Gasteiger partial charge >= 0.3 is 0 Å². The molecule has 0 radical (unpaired) electrons. The van der Waals surface area contributed by atoms with E-state index in [0.717, 1.165) is 0 Å². The zero-order chi connectivity index (χ0) is 28.9. The topological polar surface area (TPSA) is 335 Å². The number of amides is 2. The molecule has 8 atom stereocenters. The molecule has 6 heterocycles. The van der Waals surface area contributed by atoms with Crippen LogP contribution in [0.2, 0.25) is 0 Å². The zero-order valence-electron chi connectivity index (χ0n) is 21.1. The van der Waals surface area contributed by atoms with Gasteiger partial charge in [0.25, 0.3) is 11.8 Å². The van der Waals surface area contributed by atoms with Crippen molar-refractivity contribution < 1.29 is 35.5 Å². The zero-order valence-corrected chi connectivity index (χ0v) is 22.7. The maximum absolute atomic E-state index is 11.4. The van der Waals surface area contributed by atoms with Crippen LogP contribution in [0.1, 0.15) is 33.3 Å². The third-order valence-electron chi connectivity index (χ3n) is 6.76. The number of aliphatic imine (C=N–C) groups is 2. The number of nitrogens with one attached hydrogen (secondary N) is 2. The van der Waals surface area contributed by atoms with E-state index in [2.05, 4.69) is 30.6 Å². The van der Waals surface area contributed by atoms with Crippen LogP contribution < -0.4 is 33.6 Å². The Kier molecular flexibility index (Phi) is 8.67. The summed E-state index contributed by atoms with van der Waals surface area (Å²) in [6.07, 6.45) is 0.126. The molecule has 0 saturated heterocycles. The number of imidazole rings is 2. The average molecular weight is 615 g/mol. The first-order chi connectivity index (χ1) is 19.0. The van der Waals surface area contributed by atoms with Crippen molar-refractivity contribution in [3.63, 3.8) is 0 Å². The predicted octanol–water partition coefficient (Wildman–Crippen LogP) is -4.71. The summed E-state index contributed by atoms with van der Waals surface area (Å²) in [5, 5.41) is 44.6. The largest absolute Gasteiger partial charge is 0.412 e. The highest BCUT2D eigenvalue weighted by Crippen LogP contribution is 2.43. The maximum atomic E-state index is 11.4. The summed E-state index contributed by atoms with van der Waals surface area (Å²) in [6.45, 7) is -0.831. The first-order valence-electron chi connectivity index (χ1n) is 11.9. The molecule has 41 heavy (non-hydrogen) atoms. The van der Waals surface area contributed by atoms with Gasteiger partial charge in [-0.25, -0.2) is 20.0 Å². The Labute approximate surface area is 239 Å². The van der Waals surface area contributed by atoms with Gasteiger partial charge in [0.15, 0.2) is 21.7 Å². The Bertz CT molecular complexity index is 1280. The van der Waals surface area contributed by atoms with E-state index in [-0.39, 0.29) is 39.7 Å². The smallest absolute Gasteiger partial charge is 0.271 e. The summed E-state index contributed by atoms with van der Waals surface area (Å²) in [5.41, 5.74) is 22.2. The van der Waals surface area contributed by atoms with Crippen LogP contribution in [-0.4, -0.2) is 115 Å². The van der Waals surface area contributed by atoms with Crippen molar-refractivity contribution >= 4 is 57.3 Å². The molecule has 4 aliphatic heterocycles. The number of aliphatic hydroxyl groups excluding tert-OH is 4. The van der Waals surface area contributed by atoms with E-state index in [1.165, 1.54) is 36.2 Å². The lowest BCUT2D eigenvalue weighted by molar-refractivity contribution is 0.0731. The molecule has 16 N–H and O–H groups in total. The number of nitrogens with zero attached hydrogens (tertiary/aromatic N) is 6. The van der Waals surface area contributed by atoms with Gasteiger partial charge in [0, 0.05) is 0 Å². The maximum Gasteiger partial charge on any atom is 0.271 e. The van der Waals surface area contributed by atoms with Crippen LogP contribution in [0.15, 0.2) is 22.6 Å². The molecule has 4 aliphatic rings. The number of nitrogens with two attached hydrogens (primary N) is 4. The van der Waals surface area contributed by atoms with E-state index in [0.29, 0.717) is 22.0 Å². The number of fused-ring (bicyclic) bond motifs is 6. The summed E-state index contributed by atoms with van der Waals surface area (Å²) in [7, 11) is 0. The number of aliphatic hydroxyl groups is 4. The van der Waals surface area contributed by atoms with Crippen molar-refractivity contribution in [2.45, 2.75) is 47.1 Å². The molecule has 2 aromatic heterocycles. The Balaban J connectivity index is 0.000000184. The van der Waals surface area contributed by atoms with Gasteiger partial charge in [0.05, 0.1) is 60.7 Å². The standard InChI is InChI=1S/2C10H14N6O3S.H2O/c2*11-7(19)5-8-14-4(3(18)1-17)6-9(15-10(12)20-6)16(8)2-13-5;/h2*2-4,6,9,14,17-18H,1H2,(H2,11,19)(H2,12,15);1H2/t2*3-,4+,6+,9-;/m00./s1. The molecule has 0 aromatic carbocycles. The highest BCUT2D eigenvalue weighted by atomic mass is 32.2. The molecule has 0 bridgehead atoms. The number of hydrogen-bond donors (Lipinski definition) is 10. The first kappa shape index (κ1) is 30.4. The molecule has 224 valence electrons. The fraction of sp³-hybridized carbons (Fsp3) is 0.500.